The van der Waals surface area contributed by atoms with Crippen LogP contribution in [0.3, 0.4) is 0 Å². The standard InChI is InChI=1S/C27H23ClFN3OS/c28-21-15-18(12-13-22(21)29)30-27(33)32-16-20-19-9-4-5-11-24(19)34-26(20)31-14-6-10-23(31)25(32)17-7-2-1-3-8-17/h1-3,6-8,10,12-15,25H,4-5,9,11,16H2,(H,30,33)/t25-/m1/s1. The average molecular weight is 492 g/mol. The highest BCUT2D eigenvalue weighted by molar-refractivity contribution is 7.15. The maximum Gasteiger partial charge on any atom is 0.322 e. The number of benzene rings is 2. The van der Waals surface area contributed by atoms with Crippen molar-refractivity contribution < 1.29 is 9.18 Å². The van der Waals surface area contributed by atoms with Crippen molar-refractivity contribution in [2.75, 3.05) is 5.32 Å². The average Bonchev–Trinajstić information content (AvgIpc) is 3.44. The zero-order valence-electron chi connectivity index (χ0n) is 18.4. The molecule has 1 N–H and O–H groups in total. The zero-order chi connectivity index (χ0) is 23.2. The van der Waals surface area contributed by atoms with E-state index in [1.807, 2.05) is 34.4 Å². The van der Waals surface area contributed by atoms with Gasteiger partial charge in [-0.2, -0.15) is 0 Å². The van der Waals surface area contributed by atoms with Gasteiger partial charge in [0.25, 0.3) is 0 Å². The lowest BCUT2D eigenvalue weighted by Crippen LogP contribution is -2.38. The third-order valence-electron chi connectivity index (χ3n) is 6.73. The molecule has 0 fully saturated rings. The van der Waals surface area contributed by atoms with Gasteiger partial charge in [-0.05, 0) is 67.1 Å². The van der Waals surface area contributed by atoms with Crippen molar-refractivity contribution in [3.63, 3.8) is 0 Å². The van der Waals surface area contributed by atoms with Gasteiger partial charge in [0.1, 0.15) is 10.8 Å². The molecule has 4 aromatic rings. The SMILES string of the molecule is O=C(Nc1ccc(F)c(Cl)c1)N1Cc2c(sc3c2CCCC3)-n2cccc2[C@H]1c1ccccc1. The molecule has 1 aliphatic heterocycles. The van der Waals surface area contributed by atoms with E-state index in [9.17, 15) is 9.18 Å². The molecule has 34 heavy (non-hydrogen) atoms. The van der Waals surface area contributed by atoms with E-state index in [4.69, 9.17) is 11.6 Å². The number of nitrogens with zero attached hydrogens (tertiary/aromatic N) is 2. The van der Waals surface area contributed by atoms with Crippen molar-refractivity contribution in [3.05, 3.63) is 105 Å². The second-order valence-corrected chi connectivity index (χ2v) is 10.3. The van der Waals surface area contributed by atoms with Crippen molar-refractivity contribution >= 4 is 34.7 Å². The number of anilines is 1. The van der Waals surface area contributed by atoms with E-state index in [1.165, 1.54) is 52.0 Å². The molecule has 2 aromatic heterocycles. The second-order valence-electron chi connectivity index (χ2n) is 8.80. The number of hydrogen-bond acceptors (Lipinski definition) is 2. The Labute approximate surface area is 206 Å². The Morgan fingerprint density at radius 3 is 2.68 bits per heavy atom. The number of amides is 2. The Hall–Kier alpha value is -3.09. The van der Waals surface area contributed by atoms with Crippen LogP contribution in [-0.4, -0.2) is 15.5 Å². The third kappa shape index (κ3) is 3.62. The first-order valence-corrected chi connectivity index (χ1v) is 12.7. The van der Waals surface area contributed by atoms with Crippen LogP contribution in [0.4, 0.5) is 14.9 Å². The number of thiophene rings is 1. The third-order valence-corrected chi connectivity index (χ3v) is 8.35. The van der Waals surface area contributed by atoms with E-state index in [1.54, 1.807) is 0 Å². The lowest BCUT2D eigenvalue weighted by Gasteiger charge is -2.31. The molecule has 1 atom stereocenters. The first-order chi connectivity index (χ1) is 16.6. The van der Waals surface area contributed by atoms with Gasteiger partial charge in [0.15, 0.2) is 0 Å². The molecule has 0 saturated carbocycles. The van der Waals surface area contributed by atoms with Gasteiger partial charge in [-0.15, -0.1) is 11.3 Å². The molecule has 6 rings (SSSR count). The predicted molar refractivity (Wildman–Crippen MR) is 135 cm³/mol. The number of aryl methyl sites for hydroxylation is 1. The predicted octanol–water partition coefficient (Wildman–Crippen LogP) is 7.35. The van der Waals surface area contributed by atoms with Crippen LogP contribution in [0, 0.1) is 5.82 Å². The number of rotatable bonds is 2. The molecular formula is C27H23ClFN3OS. The summed E-state index contributed by atoms with van der Waals surface area (Å²) in [6.07, 6.45) is 6.65. The van der Waals surface area contributed by atoms with Gasteiger partial charge in [-0.25, -0.2) is 9.18 Å². The van der Waals surface area contributed by atoms with Gasteiger partial charge >= 0.3 is 6.03 Å². The van der Waals surface area contributed by atoms with E-state index in [0.29, 0.717) is 12.2 Å². The van der Waals surface area contributed by atoms with Gasteiger partial charge in [0.2, 0.25) is 0 Å². The quantitative estimate of drug-likeness (QED) is 0.313. The summed E-state index contributed by atoms with van der Waals surface area (Å²) in [6.45, 7) is 0.503. The van der Waals surface area contributed by atoms with E-state index in [-0.39, 0.29) is 17.1 Å². The summed E-state index contributed by atoms with van der Waals surface area (Å²) in [5.74, 6) is -0.510. The molecule has 172 valence electrons. The van der Waals surface area contributed by atoms with Gasteiger partial charge in [-0.3, -0.25) is 0 Å². The molecule has 7 heteroatoms. The maximum absolute atomic E-state index is 13.8. The Morgan fingerprint density at radius 1 is 1.03 bits per heavy atom. The van der Waals surface area contributed by atoms with Crippen LogP contribution in [0.5, 0.6) is 0 Å². The smallest absolute Gasteiger partial charge is 0.310 e. The summed E-state index contributed by atoms with van der Waals surface area (Å²) in [4.78, 5) is 17.1. The Balaban J connectivity index is 1.48. The zero-order valence-corrected chi connectivity index (χ0v) is 20.0. The molecule has 0 spiro atoms. The highest BCUT2D eigenvalue weighted by Crippen LogP contribution is 2.44. The molecular weight excluding hydrogens is 469 g/mol. The summed E-state index contributed by atoms with van der Waals surface area (Å²) in [6, 6.07) is 18.0. The largest absolute Gasteiger partial charge is 0.322 e. The number of halogens is 2. The monoisotopic (exact) mass is 491 g/mol. The first kappa shape index (κ1) is 21.4. The second kappa shape index (κ2) is 8.60. The topological polar surface area (TPSA) is 37.3 Å². The van der Waals surface area contributed by atoms with Crippen LogP contribution in [0.2, 0.25) is 5.02 Å². The van der Waals surface area contributed by atoms with Crippen molar-refractivity contribution in [1.82, 2.24) is 9.47 Å². The molecule has 2 aliphatic rings. The molecule has 1 aliphatic carbocycles. The molecule has 2 amide bonds. The van der Waals surface area contributed by atoms with Crippen LogP contribution < -0.4 is 5.32 Å². The number of fused-ring (bicyclic) bond motifs is 5. The van der Waals surface area contributed by atoms with Crippen LogP contribution in [0.25, 0.3) is 5.00 Å². The molecule has 4 nitrogen and oxygen atoms in total. The van der Waals surface area contributed by atoms with E-state index >= 15 is 0 Å². The summed E-state index contributed by atoms with van der Waals surface area (Å²) >= 11 is 7.84. The number of carbonyl (C=O) groups excluding carboxylic acids is 1. The van der Waals surface area contributed by atoms with Gasteiger partial charge in [0.05, 0.1) is 23.3 Å². The van der Waals surface area contributed by atoms with Crippen LogP contribution in [0.15, 0.2) is 66.9 Å². The van der Waals surface area contributed by atoms with Crippen molar-refractivity contribution in [2.24, 2.45) is 0 Å². The molecule has 0 unspecified atom stereocenters. The minimum Gasteiger partial charge on any atom is -0.310 e. The number of hydrogen-bond donors (Lipinski definition) is 1. The van der Waals surface area contributed by atoms with Crippen LogP contribution in [-0.2, 0) is 19.4 Å². The number of carbonyl (C=O) groups is 1. The van der Waals surface area contributed by atoms with Gasteiger partial charge in [0, 0.05) is 22.3 Å². The Morgan fingerprint density at radius 2 is 1.85 bits per heavy atom. The molecule has 2 aromatic carbocycles. The molecule has 0 saturated heterocycles. The molecule has 0 radical (unpaired) electrons. The van der Waals surface area contributed by atoms with E-state index in [0.717, 1.165) is 24.1 Å². The number of urea groups is 1. The molecule has 0 bridgehead atoms. The van der Waals surface area contributed by atoms with E-state index in [2.05, 4.69) is 40.3 Å². The summed E-state index contributed by atoms with van der Waals surface area (Å²) < 4.78 is 16.0. The normalized spacial score (nSPS) is 16.9. The van der Waals surface area contributed by atoms with Crippen molar-refractivity contribution in [2.45, 2.75) is 38.3 Å². The van der Waals surface area contributed by atoms with Crippen molar-refractivity contribution in [1.29, 1.82) is 0 Å². The van der Waals surface area contributed by atoms with Gasteiger partial charge in [-0.1, -0.05) is 41.9 Å². The highest BCUT2D eigenvalue weighted by Gasteiger charge is 2.36. The van der Waals surface area contributed by atoms with Crippen molar-refractivity contribution in [3.8, 4) is 5.00 Å². The lowest BCUT2D eigenvalue weighted by molar-refractivity contribution is 0.194. The Kier molecular flexibility index (Phi) is 5.42. The summed E-state index contributed by atoms with van der Waals surface area (Å²) in [5.41, 5.74) is 5.20. The van der Waals surface area contributed by atoms with Gasteiger partial charge < -0.3 is 14.8 Å². The Bertz CT molecular complexity index is 1380. The number of aromatic nitrogens is 1. The first-order valence-electron chi connectivity index (χ1n) is 11.5. The molecule has 3 heterocycles. The lowest BCUT2D eigenvalue weighted by atomic mass is 9.95. The fourth-order valence-corrected chi connectivity index (χ4v) is 6.73. The van der Waals surface area contributed by atoms with Crippen LogP contribution >= 0.6 is 22.9 Å². The fraction of sp³-hybridized carbons (Fsp3) is 0.222. The number of nitrogens with one attached hydrogen (secondary N) is 1. The van der Waals surface area contributed by atoms with E-state index < -0.39 is 5.82 Å². The van der Waals surface area contributed by atoms with Crippen LogP contribution in [0.1, 0.15) is 46.1 Å². The fourth-order valence-electron chi connectivity index (χ4n) is 5.14. The summed E-state index contributed by atoms with van der Waals surface area (Å²) in [5, 5.41) is 4.16. The summed E-state index contributed by atoms with van der Waals surface area (Å²) in [7, 11) is 0. The minimum atomic E-state index is -0.510. The minimum absolute atomic E-state index is 0.0173. The maximum atomic E-state index is 13.8. The highest BCUT2D eigenvalue weighted by atomic mass is 35.5.